The number of hydrogen-bond donors (Lipinski definition) is 0. The van der Waals surface area contributed by atoms with E-state index in [0.29, 0.717) is 29.2 Å². The zero-order valence-electron chi connectivity index (χ0n) is 18.4. The molecule has 0 bridgehead atoms. The highest BCUT2D eigenvalue weighted by atomic mass is 79.9. The lowest BCUT2D eigenvalue weighted by atomic mass is 10.1. The molecule has 3 heterocycles. The topological polar surface area (TPSA) is 52.8 Å². The first-order valence-electron chi connectivity index (χ1n) is 10.3. The molecule has 0 unspecified atom stereocenters. The fourth-order valence-corrected chi connectivity index (χ4v) is 4.54. The lowest BCUT2D eigenvalue weighted by Gasteiger charge is -2.16. The number of hydrogen-bond acceptors (Lipinski definition) is 4. The Morgan fingerprint density at radius 1 is 1.06 bits per heavy atom. The van der Waals surface area contributed by atoms with Gasteiger partial charge in [-0.05, 0) is 46.2 Å². The van der Waals surface area contributed by atoms with Crippen molar-refractivity contribution in [1.29, 1.82) is 0 Å². The molecule has 0 aliphatic rings. The monoisotopic (exact) mass is 550 g/mol. The fourth-order valence-electron chi connectivity index (χ4n) is 3.30. The molecule has 10 heteroatoms. The predicted molar refractivity (Wildman–Crippen MR) is 133 cm³/mol. The number of pyridine rings is 2. The van der Waals surface area contributed by atoms with E-state index in [0.717, 1.165) is 22.1 Å². The molecule has 3 aromatic heterocycles. The molecule has 0 aliphatic heterocycles. The maximum atomic E-state index is 14.8. The number of aromatic nitrogens is 4. The van der Waals surface area contributed by atoms with Crippen LogP contribution in [-0.2, 0) is 11.5 Å². The summed E-state index contributed by atoms with van der Waals surface area (Å²) in [6.45, 7) is 7.68. The van der Waals surface area contributed by atoms with Gasteiger partial charge in [0.25, 0.3) is 0 Å². The average Bonchev–Trinajstić information content (AvgIpc) is 3.16. The van der Waals surface area contributed by atoms with Gasteiger partial charge in [-0.15, -0.1) is 0 Å². The first kappa shape index (κ1) is 23.9. The molecule has 0 spiro atoms. The van der Waals surface area contributed by atoms with Gasteiger partial charge in [-0.1, -0.05) is 31.2 Å². The van der Waals surface area contributed by atoms with Crippen molar-refractivity contribution in [2.45, 2.75) is 32.4 Å². The van der Waals surface area contributed by atoms with E-state index in [1.165, 1.54) is 6.07 Å². The first-order valence-corrected chi connectivity index (χ1v) is 15.2. The Bertz CT molecular complexity index is 1330. The Labute approximate surface area is 204 Å². The van der Waals surface area contributed by atoms with Gasteiger partial charge in [0.15, 0.2) is 0 Å². The van der Waals surface area contributed by atoms with Gasteiger partial charge >= 0.3 is 0 Å². The van der Waals surface area contributed by atoms with Gasteiger partial charge in [0.05, 0.1) is 33.8 Å². The number of rotatable bonds is 7. The SMILES string of the molecule is C[Si](C)(C)CCOCn1cnc(-c2cc(Cl)c(F)cc2F)c1-c1ccc2ncc(Br)cc2n1. The molecule has 33 heavy (non-hydrogen) atoms. The Balaban J connectivity index is 1.80. The molecule has 0 aliphatic carbocycles. The van der Waals surface area contributed by atoms with Gasteiger partial charge in [0.2, 0.25) is 0 Å². The van der Waals surface area contributed by atoms with Crippen LogP contribution in [0, 0.1) is 11.6 Å². The molecule has 4 aromatic rings. The molecule has 0 atom stereocenters. The van der Waals surface area contributed by atoms with Crippen molar-refractivity contribution >= 4 is 46.6 Å². The number of halogens is 4. The molecule has 0 saturated carbocycles. The van der Waals surface area contributed by atoms with Crippen LogP contribution in [0.1, 0.15) is 0 Å². The summed E-state index contributed by atoms with van der Waals surface area (Å²) in [6, 6.07) is 8.51. The van der Waals surface area contributed by atoms with E-state index < -0.39 is 19.7 Å². The van der Waals surface area contributed by atoms with Gasteiger partial charge in [-0.25, -0.2) is 18.7 Å². The van der Waals surface area contributed by atoms with Gasteiger partial charge in [0.1, 0.15) is 24.1 Å². The number of ether oxygens (including phenoxy) is 1. The van der Waals surface area contributed by atoms with E-state index in [1.807, 2.05) is 12.1 Å². The molecular weight excluding hydrogens is 530 g/mol. The highest BCUT2D eigenvalue weighted by Gasteiger charge is 2.21. The number of nitrogens with zero attached hydrogens (tertiary/aromatic N) is 4. The minimum atomic E-state index is -1.25. The molecule has 5 nitrogen and oxygen atoms in total. The normalized spacial score (nSPS) is 12.0. The summed E-state index contributed by atoms with van der Waals surface area (Å²) in [5.74, 6) is -1.58. The van der Waals surface area contributed by atoms with Gasteiger partial charge in [0, 0.05) is 37.0 Å². The Morgan fingerprint density at radius 2 is 1.85 bits per heavy atom. The standard InChI is InChI=1S/C23H22BrClF2N4OSi/c1-33(2,3)7-6-32-13-31-12-29-22(15-9-16(25)18(27)10-17(15)26)23(31)20-5-4-19-21(30-20)8-14(24)11-28-19/h4-5,8-12H,6-7,13H2,1-3H3. The van der Waals surface area contributed by atoms with Crippen LogP contribution in [0.25, 0.3) is 33.7 Å². The quantitative estimate of drug-likeness (QED) is 0.139. The van der Waals surface area contributed by atoms with Crippen LogP contribution in [0.4, 0.5) is 8.78 Å². The first-order chi connectivity index (χ1) is 15.6. The van der Waals surface area contributed by atoms with Crippen LogP contribution in [0.3, 0.4) is 0 Å². The molecule has 4 rings (SSSR count). The summed E-state index contributed by atoms with van der Waals surface area (Å²) >= 11 is 9.37. The van der Waals surface area contributed by atoms with E-state index in [2.05, 4.69) is 45.5 Å². The molecule has 0 radical (unpaired) electrons. The molecular formula is C23H22BrClF2N4OSi. The zero-order valence-corrected chi connectivity index (χ0v) is 21.7. The fraction of sp³-hybridized carbons (Fsp3) is 0.261. The van der Waals surface area contributed by atoms with Crippen molar-refractivity contribution in [3.05, 3.63) is 64.0 Å². The van der Waals surface area contributed by atoms with Gasteiger partial charge in [-0.2, -0.15) is 0 Å². The molecule has 0 fully saturated rings. The molecule has 1 aromatic carbocycles. The van der Waals surface area contributed by atoms with Crippen LogP contribution in [0.5, 0.6) is 0 Å². The summed E-state index contributed by atoms with van der Waals surface area (Å²) in [4.78, 5) is 13.5. The van der Waals surface area contributed by atoms with Gasteiger partial charge < -0.3 is 9.30 Å². The van der Waals surface area contributed by atoms with Crippen LogP contribution in [-0.4, -0.2) is 34.2 Å². The maximum Gasteiger partial charge on any atom is 0.144 e. The summed E-state index contributed by atoms with van der Waals surface area (Å²) in [5.41, 5.74) is 2.88. The maximum absolute atomic E-state index is 14.8. The van der Waals surface area contributed by atoms with Crippen LogP contribution in [0.2, 0.25) is 30.7 Å². The summed E-state index contributed by atoms with van der Waals surface area (Å²) in [5, 5.41) is -0.183. The van der Waals surface area contributed by atoms with Crippen LogP contribution < -0.4 is 0 Å². The molecule has 0 N–H and O–H groups in total. The van der Waals surface area contributed by atoms with Crippen LogP contribution >= 0.6 is 27.5 Å². The highest BCUT2D eigenvalue weighted by molar-refractivity contribution is 9.10. The van der Waals surface area contributed by atoms with E-state index in [4.69, 9.17) is 21.3 Å². The lowest BCUT2D eigenvalue weighted by molar-refractivity contribution is 0.0882. The number of benzene rings is 1. The highest BCUT2D eigenvalue weighted by Crippen LogP contribution is 2.35. The predicted octanol–water partition coefficient (Wildman–Crippen LogP) is 7.17. The van der Waals surface area contributed by atoms with E-state index in [1.54, 1.807) is 23.2 Å². The van der Waals surface area contributed by atoms with E-state index in [9.17, 15) is 8.78 Å². The van der Waals surface area contributed by atoms with E-state index in [-0.39, 0.29) is 17.3 Å². The third-order valence-corrected chi connectivity index (χ3v) is 7.50. The summed E-state index contributed by atoms with van der Waals surface area (Å²) in [6.07, 6.45) is 3.27. The summed E-state index contributed by atoms with van der Waals surface area (Å²) in [7, 11) is -1.25. The third kappa shape index (κ3) is 5.48. The smallest absolute Gasteiger partial charge is 0.144 e. The summed E-state index contributed by atoms with van der Waals surface area (Å²) < 4.78 is 37.0. The minimum absolute atomic E-state index is 0.0894. The van der Waals surface area contributed by atoms with Crippen molar-refractivity contribution in [2.24, 2.45) is 0 Å². The van der Waals surface area contributed by atoms with Crippen molar-refractivity contribution in [1.82, 2.24) is 19.5 Å². The Morgan fingerprint density at radius 3 is 2.61 bits per heavy atom. The average molecular weight is 552 g/mol. The second kappa shape index (κ2) is 9.58. The third-order valence-electron chi connectivity index (χ3n) is 5.08. The second-order valence-corrected chi connectivity index (χ2v) is 15.8. The number of fused-ring (bicyclic) bond motifs is 1. The Hall–Kier alpha value is -2.20. The van der Waals surface area contributed by atoms with Crippen molar-refractivity contribution < 1.29 is 13.5 Å². The molecule has 172 valence electrons. The van der Waals surface area contributed by atoms with Crippen molar-refractivity contribution in [3.8, 4) is 22.6 Å². The lowest BCUT2D eigenvalue weighted by Crippen LogP contribution is -2.22. The minimum Gasteiger partial charge on any atom is -0.361 e. The van der Waals surface area contributed by atoms with Crippen LogP contribution in [0.15, 0.2) is 47.3 Å². The zero-order chi connectivity index (χ0) is 23.8. The van der Waals surface area contributed by atoms with Crippen molar-refractivity contribution in [2.75, 3.05) is 6.61 Å². The van der Waals surface area contributed by atoms with Gasteiger partial charge in [-0.3, -0.25) is 4.98 Å². The number of imidazole rings is 1. The molecule has 0 saturated heterocycles. The Kier molecular flexibility index (Phi) is 6.95. The second-order valence-electron chi connectivity index (χ2n) is 8.89. The largest absolute Gasteiger partial charge is 0.361 e. The van der Waals surface area contributed by atoms with E-state index >= 15 is 0 Å². The van der Waals surface area contributed by atoms with Crippen molar-refractivity contribution in [3.63, 3.8) is 0 Å². The molecule has 0 amide bonds.